The van der Waals surface area contributed by atoms with Crippen LogP contribution in [-0.2, 0) is 13.2 Å². The number of amides is 1. The van der Waals surface area contributed by atoms with Gasteiger partial charge in [0.2, 0.25) is 0 Å². The molecule has 3 heterocycles. The summed E-state index contributed by atoms with van der Waals surface area (Å²) in [5, 5.41) is 6.66. The van der Waals surface area contributed by atoms with E-state index < -0.39 is 34.6 Å². The predicted octanol–water partition coefficient (Wildman–Crippen LogP) is 6.57. The molecule has 0 aliphatic heterocycles. The van der Waals surface area contributed by atoms with Gasteiger partial charge < -0.3 is 5.32 Å². The number of hydrogen-bond donors (Lipinski definition) is 1. The van der Waals surface area contributed by atoms with E-state index in [4.69, 9.17) is 0 Å². The maximum Gasteiger partial charge on any atom is 0.417 e. The number of aromatic nitrogens is 4. The van der Waals surface area contributed by atoms with Crippen molar-refractivity contribution >= 4 is 33.3 Å². The summed E-state index contributed by atoms with van der Waals surface area (Å²) in [6, 6.07) is 15.0. The molecule has 0 aliphatic rings. The van der Waals surface area contributed by atoms with Gasteiger partial charge in [-0.25, -0.2) is 9.37 Å². The molecule has 0 unspecified atom stereocenters. The van der Waals surface area contributed by atoms with E-state index in [1.165, 1.54) is 16.9 Å². The Morgan fingerprint density at radius 2 is 1.78 bits per heavy atom. The largest absolute Gasteiger partial charge is 0.417 e. The molecule has 0 saturated heterocycles. The molecule has 5 rings (SSSR count). The Balaban J connectivity index is 1.63. The van der Waals surface area contributed by atoms with E-state index in [1.54, 1.807) is 54.0 Å². The fourth-order valence-corrected chi connectivity index (χ4v) is 4.19. The molecule has 0 fully saturated rings. The third-order valence-corrected chi connectivity index (χ3v) is 6.01. The lowest BCUT2D eigenvalue weighted by atomic mass is 9.99. The summed E-state index contributed by atoms with van der Waals surface area (Å²) >= 11 is 3.38. The van der Waals surface area contributed by atoms with Gasteiger partial charge in [0.25, 0.3) is 5.91 Å². The highest BCUT2D eigenvalue weighted by Crippen LogP contribution is 2.38. The predicted molar refractivity (Wildman–Crippen MR) is 130 cm³/mol. The van der Waals surface area contributed by atoms with E-state index in [0.717, 1.165) is 10.5 Å². The number of alkyl halides is 3. The molecular formula is C25H16BrF4N5O. The Labute approximate surface area is 210 Å². The number of nitrogens with zero attached hydrogens (tertiary/aromatic N) is 4. The van der Waals surface area contributed by atoms with Crippen molar-refractivity contribution in [3.05, 3.63) is 94.5 Å². The van der Waals surface area contributed by atoms with E-state index in [-0.39, 0.29) is 11.5 Å². The average Bonchev–Trinajstić information content (AvgIpc) is 3.42. The van der Waals surface area contributed by atoms with Crippen molar-refractivity contribution in [2.45, 2.75) is 6.18 Å². The van der Waals surface area contributed by atoms with Gasteiger partial charge in [0, 0.05) is 35.0 Å². The maximum absolute atomic E-state index is 14.9. The molecule has 1 N–H and O–H groups in total. The minimum atomic E-state index is -4.85. The molecule has 1 amide bonds. The lowest BCUT2D eigenvalue weighted by Gasteiger charge is -2.15. The van der Waals surface area contributed by atoms with Crippen molar-refractivity contribution in [3.63, 3.8) is 0 Å². The maximum atomic E-state index is 14.9. The van der Waals surface area contributed by atoms with E-state index in [2.05, 4.69) is 31.3 Å². The zero-order valence-electron chi connectivity index (χ0n) is 18.5. The minimum Gasteiger partial charge on any atom is -0.306 e. The number of benzene rings is 2. The van der Waals surface area contributed by atoms with Gasteiger partial charge in [0.1, 0.15) is 23.0 Å². The number of halogens is 5. The van der Waals surface area contributed by atoms with Crippen LogP contribution < -0.4 is 5.32 Å². The third-order valence-electron chi connectivity index (χ3n) is 5.51. The third kappa shape index (κ3) is 4.37. The minimum absolute atomic E-state index is 0.0384. The summed E-state index contributed by atoms with van der Waals surface area (Å²) in [4.78, 5) is 17.9. The van der Waals surface area contributed by atoms with Crippen molar-refractivity contribution < 1.29 is 22.4 Å². The van der Waals surface area contributed by atoms with Crippen molar-refractivity contribution in [1.82, 2.24) is 19.2 Å². The normalized spacial score (nSPS) is 11.7. The van der Waals surface area contributed by atoms with Crippen LogP contribution in [0.2, 0.25) is 0 Å². The second kappa shape index (κ2) is 8.90. The van der Waals surface area contributed by atoms with Gasteiger partial charge in [-0.2, -0.15) is 18.3 Å². The second-order valence-electron chi connectivity index (χ2n) is 7.95. The number of pyridine rings is 1. The van der Waals surface area contributed by atoms with Gasteiger partial charge in [-0.05, 0) is 30.3 Å². The summed E-state index contributed by atoms with van der Waals surface area (Å²) in [5.74, 6) is -2.00. The number of aryl methyl sites for hydroxylation is 1. The van der Waals surface area contributed by atoms with E-state index in [0.29, 0.717) is 23.0 Å². The fourth-order valence-electron chi connectivity index (χ4n) is 3.86. The summed E-state index contributed by atoms with van der Waals surface area (Å²) in [6.07, 6.45) is -1.73. The van der Waals surface area contributed by atoms with Crippen LogP contribution in [0.15, 0.2) is 77.5 Å². The smallest absolute Gasteiger partial charge is 0.306 e. The first-order valence-corrected chi connectivity index (χ1v) is 11.4. The number of hydrogen-bond acceptors (Lipinski definition) is 3. The van der Waals surface area contributed by atoms with Gasteiger partial charge in [0.15, 0.2) is 0 Å². The van der Waals surface area contributed by atoms with Crippen LogP contribution in [0.3, 0.4) is 0 Å². The lowest BCUT2D eigenvalue weighted by Crippen LogP contribution is -2.18. The van der Waals surface area contributed by atoms with Gasteiger partial charge in [-0.15, -0.1) is 0 Å². The number of rotatable bonds is 4. The van der Waals surface area contributed by atoms with Crippen LogP contribution in [-0.4, -0.2) is 25.1 Å². The zero-order chi connectivity index (χ0) is 25.6. The number of fused-ring (bicyclic) bond motifs is 1. The molecule has 0 radical (unpaired) electrons. The van der Waals surface area contributed by atoms with Crippen LogP contribution in [0.25, 0.3) is 28.2 Å². The number of anilines is 1. The van der Waals surface area contributed by atoms with Gasteiger partial charge in [-0.1, -0.05) is 46.3 Å². The SMILES string of the molecule is Cn1ccc(-c2cc(C(=O)Nc3c(-c4ccccc4)nc4cc(Br)ccn34)c(F)cc2C(F)(F)F)n1. The zero-order valence-corrected chi connectivity index (χ0v) is 20.1. The molecule has 0 saturated carbocycles. The highest BCUT2D eigenvalue weighted by molar-refractivity contribution is 9.10. The standard InChI is InChI=1S/C25H16BrF4N5O/c1-34-9-8-20(33-34)16-12-17(19(27)13-18(16)25(28,29)30)24(36)32-23-22(14-5-3-2-4-6-14)31-21-11-15(26)7-10-35(21)23/h2-13H,1H3,(H,32,36). The summed E-state index contributed by atoms with van der Waals surface area (Å²) in [5.41, 5.74) is -0.618. The highest BCUT2D eigenvalue weighted by atomic mass is 79.9. The number of carbonyl (C=O) groups is 1. The monoisotopic (exact) mass is 557 g/mol. The Kier molecular flexibility index (Phi) is 5.87. The van der Waals surface area contributed by atoms with Gasteiger partial charge in [0.05, 0.1) is 16.8 Å². The summed E-state index contributed by atoms with van der Waals surface area (Å²) in [7, 11) is 1.54. The first kappa shape index (κ1) is 23.7. The quantitative estimate of drug-likeness (QED) is 0.254. The molecule has 0 bridgehead atoms. The Bertz CT molecular complexity index is 1610. The molecule has 0 atom stereocenters. The van der Waals surface area contributed by atoms with Crippen LogP contribution in [0, 0.1) is 5.82 Å². The van der Waals surface area contributed by atoms with Gasteiger partial charge >= 0.3 is 6.18 Å². The first-order chi connectivity index (χ1) is 17.1. The molecular weight excluding hydrogens is 542 g/mol. The van der Waals surface area contributed by atoms with Crippen LogP contribution in [0.5, 0.6) is 0 Å². The number of carbonyl (C=O) groups excluding carboxylic acids is 1. The lowest BCUT2D eigenvalue weighted by molar-refractivity contribution is -0.137. The second-order valence-corrected chi connectivity index (χ2v) is 8.87. The van der Waals surface area contributed by atoms with Crippen LogP contribution >= 0.6 is 15.9 Å². The topological polar surface area (TPSA) is 64.2 Å². The Morgan fingerprint density at radius 1 is 1.03 bits per heavy atom. The van der Waals surface area contributed by atoms with Crippen LogP contribution in [0.1, 0.15) is 15.9 Å². The highest BCUT2D eigenvalue weighted by Gasteiger charge is 2.36. The summed E-state index contributed by atoms with van der Waals surface area (Å²) in [6.45, 7) is 0. The Morgan fingerprint density at radius 3 is 2.44 bits per heavy atom. The van der Waals surface area contributed by atoms with E-state index >= 15 is 0 Å². The van der Waals surface area contributed by atoms with E-state index in [1.807, 2.05) is 6.07 Å². The molecule has 36 heavy (non-hydrogen) atoms. The summed E-state index contributed by atoms with van der Waals surface area (Å²) < 4.78 is 59.7. The van der Waals surface area contributed by atoms with Crippen molar-refractivity contribution in [1.29, 1.82) is 0 Å². The van der Waals surface area contributed by atoms with E-state index in [9.17, 15) is 22.4 Å². The first-order valence-electron chi connectivity index (χ1n) is 10.6. The fraction of sp³-hybridized carbons (Fsp3) is 0.0800. The molecule has 0 spiro atoms. The molecule has 5 aromatic rings. The number of imidazole rings is 1. The average molecular weight is 558 g/mol. The van der Waals surface area contributed by atoms with Gasteiger partial charge in [-0.3, -0.25) is 13.9 Å². The molecule has 182 valence electrons. The molecule has 2 aromatic carbocycles. The van der Waals surface area contributed by atoms with Crippen molar-refractivity contribution in [2.75, 3.05) is 5.32 Å². The molecule has 11 heteroatoms. The molecule has 0 aliphatic carbocycles. The number of nitrogens with one attached hydrogen (secondary N) is 1. The Hall–Kier alpha value is -3.99. The van der Waals surface area contributed by atoms with Crippen LogP contribution in [0.4, 0.5) is 23.4 Å². The molecule has 6 nitrogen and oxygen atoms in total. The van der Waals surface area contributed by atoms with Crippen molar-refractivity contribution in [3.8, 4) is 22.5 Å². The molecule has 3 aromatic heterocycles. The van der Waals surface area contributed by atoms with Crippen molar-refractivity contribution in [2.24, 2.45) is 7.05 Å².